The molecule has 0 atom stereocenters. The number of rotatable bonds is 51. The van der Waals surface area contributed by atoms with Crippen molar-refractivity contribution < 1.29 is 80.3 Å². The Morgan fingerprint density at radius 1 is 0.259 bits per heavy atom. The minimum Gasteiger partial charge on any atom is -0.394 e. The van der Waals surface area contributed by atoms with Crippen LogP contribution in [-0.4, -0.2) is 234 Å². The molecule has 0 aromatic rings. The van der Waals surface area contributed by atoms with Gasteiger partial charge < -0.3 is 80.3 Å². The van der Waals surface area contributed by atoms with Gasteiger partial charge in [-0.15, -0.1) is 0 Å². The lowest BCUT2D eigenvalue weighted by Crippen LogP contribution is -2.16. The van der Waals surface area contributed by atoms with Gasteiger partial charge in [0.15, 0.2) is 0 Å². The van der Waals surface area contributed by atoms with Gasteiger partial charge in [0, 0.05) is 11.5 Å². The highest BCUT2D eigenvalue weighted by Gasteiger charge is 1.98. The lowest BCUT2D eigenvalue weighted by atomic mass is 10.6. The largest absolute Gasteiger partial charge is 0.394 e. The first-order valence-electron chi connectivity index (χ1n) is 18.9. The second-order valence-corrected chi connectivity index (χ2v) is 12.4. The van der Waals surface area contributed by atoms with Crippen LogP contribution in [-0.2, 0) is 75.2 Å². The zero-order valence-electron chi connectivity index (χ0n) is 32.8. The Bertz CT molecular complexity index is 601. The molecule has 0 radical (unpaired) electrons. The van der Waals surface area contributed by atoms with Crippen LogP contribution in [0.5, 0.6) is 0 Å². The van der Waals surface area contributed by atoms with Gasteiger partial charge in [0.1, 0.15) is 0 Å². The molecule has 0 amide bonds. The second kappa shape index (κ2) is 53.0. The van der Waals surface area contributed by atoms with E-state index < -0.39 is 0 Å². The first-order valence-corrected chi connectivity index (χ1v) is 21.2. The van der Waals surface area contributed by atoms with Crippen molar-refractivity contribution in [3.8, 4) is 0 Å². The summed E-state index contributed by atoms with van der Waals surface area (Å²) >= 11 is 3.30. The fraction of sp³-hybridized carbons (Fsp3) is 1.00. The minimum atomic E-state index is 0.0225. The minimum absolute atomic E-state index is 0.0225. The molecule has 0 heterocycles. The summed E-state index contributed by atoms with van der Waals surface area (Å²) in [5.41, 5.74) is 0. The summed E-state index contributed by atoms with van der Waals surface area (Å²) in [5, 5.41) is 8.59. The molecule has 0 saturated heterocycles. The first kappa shape index (κ1) is 54.0. The molecule has 0 aromatic carbocycles. The standard InChI is InChI=1S/C35H72O17S2/c1-53-34-35-54-52-33-32-51-31-30-50-29-28-49-27-26-48-25-24-47-23-22-46-21-20-45-19-18-44-17-16-43-15-14-42-13-12-41-11-10-40-9-8-39-7-6-38-5-4-37-3-2-36/h36H,2-35H2,1H3. The summed E-state index contributed by atoms with van der Waals surface area (Å²) in [4.78, 5) is 0. The summed E-state index contributed by atoms with van der Waals surface area (Å²) in [6, 6.07) is 0. The Balaban J connectivity index is 3.05. The Hall–Kier alpha value is 0.0200. The Morgan fingerprint density at radius 3 is 0.630 bits per heavy atom. The van der Waals surface area contributed by atoms with Gasteiger partial charge in [0.2, 0.25) is 0 Å². The average Bonchev–Trinajstić information content (AvgIpc) is 3.18. The van der Waals surface area contributed by atoms with E-state index in [1.165, 1.54) is 12.0 Å². The van der Waals surface area contributed by atoms with Gasteiger partial charge in [-0.05, 0) is 18.3 Å². The van der Waals surface area contributed by atoms with E-state index in [1.807, 2.05) is 11.8 Å². The maximum Gasteiger partial charge on any atom is 0.0847 e. The van der Waals surface area contributed by atoms with E-state index in [0.717, 1.165) is 11.5 Å². The number of hydrogen-bond donors (Lipinski definition) is 1. The molecular formula is C35H72O17S2. The van der Waals surface area contributed by atoms with Crippen molar-refractivity contribution in [2.75, 3.05) is 229 Å². The number of aliphatic hydroxyl groups excluding tert-OH is 1. The smallest absolute Gasteiger partial charge is 0.0847 e. The number of ether oxygens (including phenoxy) is 15. The second-order valence-electron chi connectivity index (χ2n) is 10.5. The summed E-state index contributed by atoms with van der Waals surface area (Å²) in [7, 11) is 0. The number of thioether (sulfide) groups is 1. The summed E-state index contributed by atoms with van der Waals surface area (Å²) in [6.07, 6.45) is 2.08. The van der Waals surface area contributed by atoms with E-state index in [-0.39, 0.29) is 6.61 Å². The quantitative estimate of drug-likeness (QED) is 0.0687. The van der Waals surface area contributed by atoms with Crippen LogP contribution in [0.1, 0.15) is 0 Å². The van der Waals surface area contributed by atoms with Crippen molar-refractivity contribution in [3.63, 3.8) is 0 Å². The third kappa shape index (κ3) is 52.0. The molecule has 0 aliphatic rings. The van der Waals surface area contributed by atoms with Crippen molar-refractivity contribution in [3.05, 3.63) is 0 Å². The van der Waals surface area contributed by atoms with Crippen LogP contribution in [0.2, 0.25) is 0 Å². The number of hydrogen-bond acceptors (Lipinski definition) is 19. The van der Waals surface area contributed by atoms with E-state index in [0.29, 0.717) is 205 Å². The summed E-state index contributed by atoms with van der Waals surface area (Å²) < 4.78 is 87.0. The SMILES string of the molecule is CSCCSOCCOCCOCCOCCOCCOCCOCCOCCOCCOCCOCCOCCOCCOCCOCCOCCO. The van der Waals surface area contributed by atoms with E-state index in [9.17, 15) is 0 Å². The lowest BCUT2D eigenvalue weighted by Gasteiger charge is -2.09. The first-order chi connectivity index (χ1) is 26.9. The molecule has 0 rings (SSSR count). The van der Waals surface area contributed by atoms with Gasteiger partial charge in [-0.2, -0.15) is 11.8 Å². The van der Waals surface area contributed by atoms with Crippen LogP contribution in [0.4, 0.5) is 0 Å². The molecule has 0 aliphatic heterocycles. The third-order valence-corrected chi connectivity index (χ3v) is 7.78. The predicted octanol–water partition coefficient (Wildman–Crippen LogP) is 1.26. The molecule has 19 heteroatoms. The van der Waals surface area contributed by atoms with Crippen molar-refractivity contribution in [2.24, 2.45) is 0 Å². The van der Waals surface area contributed by atoms with Gasteiger partial charge in [-0.1, -0.05) is 0 Å². The lowest BCUT2D eigenvalue weighted by molar-refractivity contribution is -0.0302. The van der Waals surface area contributed by atoms with E-state index in [2.05, 4.69) is 6.26 Å². The van der Waals surface area contributed by atoms with E-state index >= 15 is 0 Å². The van der Waals surface area contributed by atoms with Gasteiger partial charge in [-0.3, -0.25) is 0 Å². The highest BCUT2D eigenvalue weighted by atomic mass is 32.2. The molecule has 1 N–H and O–H groups in total. The highest BCUT2D eigenvalue weighted by molar-refractivity contribution is 8.00. The van der Waals surface area contributed by atoms with Crippen LogP contribution >= 0.6 is 23.8 Å². The predicted molar refractivity (Wildman–Crippen MR) is 206 cm³/mol. The fourth-order valence-corrected chi connectivity index (χ4v) is 4.82. The molecule has 0 bridgehead atoms. The molecule has 0 aliphatic carbocycles. The maximum absolute atomic E-state index is 8.59. The molecule has 17 nitrogen and oxygen atoms in total. The van der Waals surface area contributed by atoms with Crippen LogP contribution in [0.15, 0.2) is 0 Å². The fourth-order valence-electron chi connectivity index (χ4n) is 3.57. The molecule has 54 heavy (non-hydrogen) atoms. The van der Waals surface area contributed by atoms with Crippen molar-refractivity contribution in [1.82, 2.24) is 0 Å². The zero-order valence-corrected chi connectivity index (χ0v) is 34.5. The van der Waals surface area contributed by atoms with Gasteiger partial charge in [0.05, 0.1) is 211 Å². The molecule has 0 aromatic heterocycles. The molecular weight excluding hydrogens is 757 g/mol. The summed E-state index contributed by atoms with van der Waals surface area (Å²) in [6.45, 7) is 15.7. The van der Waals surface area contributed by atoms with Crippen LogP contribution in [0, 0.1) is 0 Å². The molecule has 0 unspecified atom stereocenters. The normalized spacial score (nSPS) is 11.7. The third-order valence-electron chi connectivity index (χ3n) is 6.21. The zero-order chi connectivity index (χ0) is 38.8. The van der Waals surface area contributed by atoms with Gasteiger partial charge in [-0.25, -0.2) is 0 Å². The Morgan fingerprint density at radius 2 is 0.444 bits per heavy atom. The molecule has 0 fully saturated rings. The number of aliphatic hydroxyl groups is 1. The highest BCUT2D eigenvalue weighted by Crippen LogP contribution is 2.05. The molecule has 326 valence electrons. The monoisotopic (exact) mass is 828 g/mol. The molecule has 0 spiro atoms. The van der Waals surface area contributed by atoms with Crippen LogP contribution in [0.25, 0.3) is 0 Å². The average molecular weight is 829 g/mol. The Kier molecular flexibility index (Phi) is 53.0. The van der Waals surface area contributed by atoms with Crippen molar-refractivity contribution in [1.29, 1.82) is 0 Å². The van der Waals surface area contributed by atoms with Gasteiger partial charge >= 0.3 is 0 Å². The van der Waals surface area contributed by atoms with Gasteiger partial charge in [0.25, 0.3) is 0 Å². The van der Waals surface area contributed by atoms with Crippen molar-refractivity contribution >= 4 is 23.8 Å². The summed E-state index contributed by atoms with van der Waals surface area (Å²) in [5.74, 6) is 2.09. The maximum atomic E-state index is 8.59. The van der Waals surface area contributed by atoms with E-state index in [4.69, 9.17) is 80.3 Å². The Labute approximate surface area is 332 Å². The topological polar surface area (TPSA) is 168 Å². The van der Waals surface area contributed by atoms with Crippen molar-refractivity contribution in [2.45, 2.75) is 0 Å². The molecule has 0 saturated carbocycles. The van der Waals surface area contributed by atoms with Crippen LogP contribution in [0.3, 0.4) is 0 Å². The van der Waals surface area contributed by atoms with Crippen LogP contribution < -0.4 is 0 Å². The van der Waals surface area contributed by atoms with E-state index in [1.54, 1.807) is 0 Å².